The van der Waals surface area contributed by atoms with Crippen molar-refractivity contribution in [3.63, 3.8) is 0 Å². The van der Waals surface area contributed by atoms with E-state index in [0.29, 0.717) is 22.1 Å². The number of benzene rings is 1. The number of aromatic carboxylic acids is 1. The zero-order valence-electron chi connectivity index (χ0n) is 9.92. The second-order valence-electron chi connectivity index (χ2n) is 4.08. The molecule has 20 heavy (non-hydrogen) atoms. The van der Waals surface area contributed by atoms with Crippen molar-refractivity contribution in [1.29, 1.82) is 0 Å². The van der Waals surface area contributed by atoms with Crippen LogP contribution < -0.4 is 0 Å². The van der Waals surface area contributed by atoms with Crippen molar-refractivity contribution in [2.45, 2.75) is 0 Å². The molecule has 0 amide bonds. The number of carbonyl (C=O) groups is 1. The monoisotopic (exact) mass is 351 g/mol. The summed E-state index contributed by atoms with van der Waals surface area (Å²) < 4.78 is 2.10. The van der Waals surface area contributed by atoms with Gasteiger partial charge >= 0.3 is 5.97 Å². The summed E-state index contributed by atoms with van der Waals surface area (Å²) in [6, 6.07) is 10.1. The molecule has 1 aromatic carbocycles. The third-order valence-corrected chi connectivity index (χ3v) is 3.38. The molecule has 3 rings (SSSR count). The number of nitrogens with zero attached hydrogens (tertiary/aromatic N) is 3. The van der Waals surface area contributed by atoms with Crippen LogP contribution in [0.5, 0.6) is 0 Å². The number of halogens is 2. The number of pyridine rings is 1. The van der Waals surface area contributed by atoms with Gasteiger partial charge in [-0.15, -0.1) is 5.10 Å². The number of carboxylic acids is 1. The molecule has 0 radical (unpaired) electrons. The summed E-state index contributed by atoms with van der Waals surface area (Å²) in [4.78, 5) is 15.5. The Hall–Kier alpha value is -1.92. The summed E-state index contributed by atoms with van der Waals surface area (Å²) in [7, 11) is 0. The molecule has 3 aromatic rings. The summed E-state index contributed by atoms with van der Waals surface area (Å²) >= 11 is 9.34. The molecule has 5 nitrogen and oxygen atoms in total. The Balaban J connectivity index is 2.23. The molecule has 7 heteroatoms. The molecule has 100 valence electrons. The molecule has 0 aliphatic rings. The van der Waals surface area contributed by atoms with E-state index in [4.69, 9.17) is 16.7 Å². The van der Waals surface area contributed by atoms with Crippen LogP contribution in [0.2, 0.25) is 5.02 Å². The molecular weight excluding hydrogens is 346 g/mol. The van der Waals surface area contributed by atoms with Gasteiger partial charge in [0.25, 0.3) is 0 Å². The largest absolute Gasteiger partial charge is 0.477 e. The van der Waals surface area contributed by atoms with E-state index in [-0.39, 0.29) is 5.69 Å². The summed E-state index contributed by atoms with van der Waals surface area (Å²) in [5, 5.41) is 13.9. The van der Waals surface area contributed by atoms with Crippen LogP contribution in [-0.2, 0) is 0 Å². The van der Waals surface area contributed by atoms with Gasteiger partial charge in [-0.2, -0.15) is 0 Å². The first kappa shape index (κ1) is 13.1. The van der Waals surface area contributed by atoms with Gasteiger partial charge in [0.1, 0.15) is 0 Å². The van der Waals surface area contributed by atoms with Crippen LogP contribution in [0.1, 0.15) is 10.5 Å². The number of aromatic nitrogens is 3. The highest BCUT2D eigenvalue weighted by Crippen LogP contribution is 2.26. The van der Waals surface area contributed by atoms with Crippen LogP contribution >= 0.6 is 27.5 Å². The van der Waals surface area contributed by atoms with Crippen LogP contribution in [0.25, 0.3) is 17.0 Å². The van der Waals surface area contributed by atoms with E-state index in [9.17, 15) is 4.79 Å². The zero-order valence-corrected chi connectivity index (χ0v) is 12.3. The van der Waals surface area contributed by atoms with E-state index in [1.165, 1.54) is 10.6 Å². The fourth-order valence-corrected chi connectivity index (χ4v) is 2.73. The van der Waals surface area contributed by atoms with E-state index in [2.05, 4.69) is 26.0 Å². The quantitative estimate of drug-likeness (QED) is 0.766. The van der Waals surface area contributed by atoms with Crippen molar-refractivity contribution >= 4 is 39.1 Å². The highest BCUT2D eigenvalue weighted by Gasteiger charge is 2.13. The lowest BCUT2D eigenvalue weighted by molar-refractivity contribution is 0.0687. The van der Waals surface area contributed by atoms with Crippen molar-refractivity contribution in [3.8, 4) is 11.4 Å². The summed E-state index contributed by atoms with van der Waals surface area (Å²) in [5.74, 6) is -0.638. The normalized spacial score (nSPS) is 10.9. The van der Waals surface area contributed by atoms with Crippen molar-refractivity contribution in [2.24, 2.45) is 0 Å². The molecule has 0 unspecified atom stereocenters. The molecule has 0 fully saturated rings. The maximum Gasteiger partial charge on any atom is 0.354 e. The van der Waals surface area contributed by atoms with Gasteiger partial charge in [0.15, 0.2) is 17.2 Å². The minimum Gasteiger partial charge on any atom is -0.477 e. The van der Waals surface area contributed by atoms with E-state index in [1.807, 2.05) is 6.07 Å². The highest BCUT2D eigenvalue weighted by atomic mass is 79.9. The molecule has 0 saturated carbocycles. The van der Waals surface area contributed by atoms with Crippen LogP contribution in [0.3, 0.4) is 0 Å². The van der Waals surface area contributed by atoms with Gasteiger partial charge in [-0.25, -0.2) is 14.3 Å². The average molecular weight is 353 g/mol. The average Bonchev–Trinajstić information content (AvgIpc) is 2.80. The fourth-order valence-electron chi connectivity index (χ4n) is 1.87. The Morgan fingerprint density at radius 3 is 2.80 bits per heavy atom. The van der Waals surface area contributed by atoms with Gasteiger partial charge in [-0.3, -0.25) is 0 Å². The van der Waals surface area contributed by atoms with Crippen LogP contribution in [-0.4, -0.2) is 25.7 Å². The first-order valence-corrected chi connectivity index (χ1v) is 6.77. The van der Waals surface area contributed by atoms with Crippen molar-refractivity contribution in [3.05, 3.63) is 51.6 Å². The number of rotatable bonds is 2. The Labute approximate surface area is 127 Å². The maximum atomic E-state index is 11.2. The van der Waals surface area contributed by atoms with E-state index >= 15 is 0 Å². The van der Waals surface area contributed by atoms with Crippen molar-refractivity contribution in [2.75, 3.05) is 0 Å². The van der Waals surface area contributed by atoms with E-state index in [1.54, 1.807) is 24.3 Å². The van der Waals surface area contributed by atoms with Gasteiger partial charge in [0.2, 0.25) is 0 Å². The predicted molar refractivity (Wildman–Crippen MR) is 78.1 cm³/mol. The van der Waals surface area contributed by atoms with Gasteiger partial charge in [0, 0.05) is 15.1 Å². The lowest BCUT2D eigenvalue weighted by atomic mass is 10.2. The van der Waals surface area contributed by atoms with E-state index < -0.39 is 5.97 Å². The minimum absolute atomic E-state index is 0.0577. The topological polar surface area (TPSA) is 67.5 Å². The standard InChI is InChI=1S/C13H7BrClN3O2/c14-8-4-7(5-9(15)6-8)12-16-11-3-1-2-10(13(19)20)18(11)17-12/h1-6H,(H,19,20). The SMILES string of the molecule is O=C(O)c1cccc2nc(-c3cc(Cl)cc(Br)c3)nn12. The summed E-state index contributed by atoms with van der Waals surface area (Å²) in [5.41, 5.74) is 1.24. The van der Waals surface area contributed by atoms with Crippen LogP contribution in [0.4, 0.5) is 0 Å². The second kappa shape index (κ2) is 4.88. The maximum absolute atomic E-state index is 11.2. The lowest BCUT2D eigenvalue weighted by Gasteiger charge is -1.98. The molecule has 2 aromatic heterocycles. The van der Waals surface area contributed by atoms with Crippen molar-refractivity contribution in [1.82, 2.24) is 14.6 Å². The van der Waals surface area contributed by atoms with Gasteiger partial charge in [-0.05, 0) is 30.3 Å². The highest BCUT2D eigenvalue weighted by molar-refractivity contribution is 9.10. The Kier molecular flexibility index (Phi) is 3.19. The third-order valence-electron chi connectivity index (χ3n) is 2.70. The van der Waals surface area contributed by atoms with Gasteiger partial charge < -0.3 is 5.11 Å². The number of fused-ring (bicyclic) bond motifs is 1. The van der Waals surface area contributed by atoms with E-state index in [0.717, 1.165) is 4.47 Å². The molecule has 0 aliphatic heterocycles. The second-order valence-corrected chi connectivity index (χ2v) is 5.43. The fraction of sp³-hybridized carbons (Fsp3) is 0. The Bertz CT molecular complexity index is 811. The van der Waals surface area contributed by atoms with Gasteiger partial charge in [-0.1, -0.05) is 33.6 Å². The Morgan fingerprint density at radius 1 is 1.30 bits per heavy atom. The number of hydrogen-bond donors (Lipinski definition) is 1. The summed E-state index contributed by atoms with van der Waals surface area (Å²) in [6.45, 7) is 0. The molecule has 2 heterocycles. The molecule has 0 saturated heterocycles. The Morgan fingerprint density at radius 2 is 2.10 bits per heavy atom. The third kappa shape index (κ3) is 2.28. The lowest BCUT2D eigenvalue weighted by Crippen LogP contribution is -2.05. The minimum atomic E-state index is -1.06. The summed E-state index contributed by atoms with van der Waals surface area (Å²) in [6.07, 6.45) is 0. The van der Waals surface area contributed by atoms with Gasteiger partial charge in [0.05, 0.1) is 0 Å². The van der Waals surface area contributed by atoms with Crippen molar-refractivity contribution < 1.29 is 9.90 Å². The molecule has 0 atom stereocenters. The number of hydrogen-bond acceptors (Lipinski definition) is 3. The first-order chi connectivity index (χ1) is 9.54. The smallest absolute Gasteiger partial charge is 0.354 e. The molecule has 0 aliphatic carbocycles. The number of carboxylic acid groups (broad SMARTS) is 1. The molecule has 0 spiro atoms. The van der Waals surface area contributed by atoms with Crippen LogP contribution in [0, 0.1) is 0 Å². The van der Waals surface area contributed by atoms with Crippen LogP contribution in [0.15, 0.2) is 40.9 Å². The predicted octanol–water partition coefficient (Wildman–Crippen LogP) is 3.51. The zero-order chi connectivity index (χ0) is 14.3. The molecule has 1 N–H and O–H groups in total. The first-order valence-electron chi connectivity index (χ1n) is 5.60. The molecular formula is C13H7BrClN3O2. The molecule has 0 bridgehead atoms.